The summed E-state index contributed by atoms with van der Waals surface area (Å²) in [6, 6.07) is 15.3. The monoisotopic (exact) mass is 413 g/mol. The van der Waals surface area contributed by atoms with Crippen LogP contribution in [0.5, 0.6) is 5.75 Å². The Labute approximate surface area is 173 Å². The maximum Gasteiger partial charge on any atom is 0.183 e. The number of ether oxygens (including phenoxy) is 1. The van der Waals surface area contributed by atoms with E-state index in [0.717, 1.165) is 49.5 Å². The number of nitrogens with zero attached hydrogens (tertiary/aromatic N) is 3. The lowest BCUT2D eigenvalue weighted by Crippen LogP contribution is -2.46. The number of benzene rings is 2. The zero-order chi connectivity index (χ0) is 20.9. The highest BCUT2D eigenvalue weighted by Crippen LogP contribution is 2.40. The molecule has 3 rings (SSSR count). The Balaban J connectivity index is 2.13. The average Bonchev–Trinajstić information content (AvgIpc) is 2.77. The maximum absolute atomic E-state index is 13.0. The number of hydrogen-bond acceptors (Lipinski definition) is 6. The highest BCUT2D eigenvalue weighted by molar-refractivity contribution is 7.91. The third-order valence-corrected chi connectivity index (χ3v) is 7.05. The molecule has 2 aromatic rings. The van der Waals surface area contributed by atoms with Crippen LogP contribution in [0.1, 0.15) is 13.3 Å². The first-order valence-electron chi connectivity index (χ1n) is 9.84. The van der Waals surface area contributed by atoms with Gasteiger partial charge in [-0.15, -0.1) is 0 Å². The van der Waals surface area contributed by atoms with E-state index in [0.29, 0.717) is 5.75 Å². The van der Waals surface area contributed by atoms with Gasteiger partial charge in [0.1, 0.15) is 10.6 Å². The fraction of sp³-hybridized carbons (Fsp3) is 0.409. The number of methoxy groups -OCH3 is 1. The van der Waals surface area contributed by atoms with E-state index in [2.05, 4.69) is 16.7 Å². The Kier molecular flexibility index (Phi) is 6.78. The highest BCUT2D eigenvalue weighted by atomic mass is 32.2. The number of likely N-dealkylation sites (N-methyl/N-ethyl adjacent to an activating group) is 1. The number of anilines is 1. The van der Waals surface area contributed by atoms with E-state index in [1.54, 1.807) is 6.07 Å². The molecule has 0 radical (unpaired) electrons. The van der Waals surface area contributed by atoms with E-state index in [4.69, 9.17) is 10.00 Å². The van der Waals surface area contributed by atoms with Crippen LogP contribution in [-0.2, 0) is 9.84 Å². The van der Waals surface area contributed by atoms with Gasteiger partial charge in [0.25, 0.3) is 0 Å². The van der Waals surface area contributed by atoms with Crippen LogP contribution >= 0.6 is 0 Å². The minimum atomic E-state index is -3.66. The van der Waals surface area contributed by atoms with Gasteiger partial charge < -0.3 is 14.5 Å². The van der Waals surface area contributed by atoms with Crippen molar-refractivity contribution in [2.75, 3.05) is 50.5 Å². The van der Waals surface area contributed by atoms with Gasteiger partial charge in [-0.3, -0.25) is 0 Å². The number of rotatable bonds is 7. The fourth-order valence-electron chi connectivity index (χ4n) is 3.66. The number of nitriles is 1. The summed E-state index contributed by atoms with van der Waals surface area (Å²) >= 11 is 0. The van der Waals surface area contributed by atoms with Crippen molar-refractivity contribution in [1.82, 2.24) is 4.90 Å². The molecule has 7 heteroatoms. The first kappa shape index (κ1) is 21.2. The van der Waals surface area contributed by atoms with Crippen molar-refractivity contribution in [3.63, 3.8) is 0 Å². The second-order valence-electron chi connectivity index (χ2n) is 7.04. The van der Waals surface area contributed by atoms with Crippen molar-refractivity contribution >= 4 is 15.5 Å². The molecule has 154 valence electrons. The van der Waals surface area contributed by atoms with E-state index in [-0.39, 0.29) is 17.1 Å². The third-order valence-electron chi connectivity index (χ3n) is 5.33. The molecule has 1 heterocycles. The lowest BCUT2D eigenvalue weighted by Gasteiger charge is -2.36. The summed E-state index contributed by atoms with van der Waals surface area (Å²) in [5, 5.41) is 8.88. The molecule has 0 bridgehead atoms. The van der Waals surface area contributed by atoms with Crippen LogP contribution in [0, 0.1) is 11.3 Å². The maximum atomic E-state index is 13.0. The average molecular weight is 414 g/mol. The second kappa shape index (κ2) is 9.29. The molecule has 0 aliphatic carbocycles. The molecule has 1 aliphatic heterocycles. The van der Waals surface area contributed by atoms with Gasteiger partial charge in [0.15, 0.2) is 9.84 Å². The van der Waals surface area contributed by atoms with Crippen LogP contribution in [0.25, 0.3) is 11.1 Å². The Bertz CT molecular complexity index is 976. The summed E-state index contributed by atoms with van der Waals surface area (Å²) < 4.78 is 31.6. The van der Waals surface area contributed by atoms with Crippen LogP contribution in [0.15, 0.2) is 47.4 Å². The second-order valence-corrected chi connectivity index (χ2v) is 9.12. The molecule has 0 aromatic heterocycles. The van der Waals surface area contributed by atoms with Crippen LogP contribution < -0.4 is 9.64 Å². The third kappa shape index (κ3) is 4.72. The molecule has 6 nitrogen and oxygen atoms in total. The quantitative estimate of drug-likeness (QED) is 0.694. The van der Waals surface area contributed by atoms with Crippen LogP contribution in [0.2, 0.25) is 0 Å². The van der Waals surface area contributed by atoms with Crippen molar-refractivity contribution in [3.8, 4) is 22.9 Å². The zero-order valence-electron chi connectivity index (χ0n) is 17.0. The van der Waals surface area contributed by atoms with E-state index in [1.165, 1.54) is 7.11 Å². The lowest BCUT2D eigenvalue weighted by molar-refractivity contribution is 0.271. The smallest absolute Gasteiger partial charge is 0.183 e. The molecule has 0 spiro atoms. The minimum Gasteiger partial charge on any atom is -0.495 e. The zero-order valence-corrected chi connectivity index (χ0v) is 17.8. The van der Waals surface area contributed by atoms with Crippen LogP contribution in [0.4, 0.5) is 5.69 Å². The summed E-state index contributed by atoms with van der Waals surface area (Å²) in [5.41, 5.74) is 2.52. The molecule has 29 heavy (non-hydrogen) atoms. The summed E-state index contributed by atoms with van der Waals surface area (Å²) in [6.45, 7) is 6.73. The summed E-state index contributed by atoms with van der Waals surface area (Å²) in [6.07, 6.45) is -0.0500. The molecule has 0 saturated carbocycles. The number of piperazine rings is 1. The number of hydrogen-bond donors (Lipinski definition) is 0. The Hall–Kier alpha value is -2.56. The first-order valence-corrected chi connectivity index (χ1v) is 11.5. The SMILES string of the molecule is CCN1CCN(c2cc(-c3ccccc3)c(OC)c(S(=O)(=O)CCC#N)c2)CC1. The predicted molar refractivity (Wildman–Crippen MR) is 115 cm³/mol. The summed E-state index contributed by atoms with van der Waals surface area (Å²) in [5.74, 6) is 0.117. The van der Waals surface area contributed by atoms with Gasteiger partial charge in [-0.2, -0.15) is 5.26 Å². The first-order chi connectivity index (χ1) is 14.0. The highest BCUT2D eigenvalue weighted by Gasteiger charge is 2.26. The van der Waals surface area contributed by atoms with Crippen molar-refractivity contribution in [2.45, 2.75) is 18.2 Å². The van der Waals surface area contributed by atoms with E-state index >= 15 is 0 Å². The molecule has 2 aromatic carbocycles. The molecule has 0 amide bonds. The Morgan fingerprint density at radius 1 is 1.10 bits per heavy atom. The minimum absolute atomic E-state index is 0.0500. The topological polar surface area (TPSA) is 73.6 Å². The summed E-state index contributed by atoms with van der Waals surface area (Å²) in [7, 11) is -2.17. The van der Waals surface area contributed by atoms with Gasteiger partial charge in [-0.25, -0.2) is 8.42 Å². The van der Waals surface area contributed by atoms with Gasteiger partial charge in [0, 0.05) is 43.9 Å². The molecule has 1 aliphatic rings. The van der Waals surface area contributed by atoms with Gasteiger partial charge in [0.05, 0.1) is 18.9 Å². The van der Waals surface area contributed by atoms with Gasteiger partial charge in [0.2, 0.25) is 0 Å². The van der Waals surface area contributed by atoms with Crippen molar-refractivity contribution < 1.29 is 13.2 Å². The molecule has 0 N–H and O–H groups in total. The summed E-state index contributed by atoms with van der Waals surface area (Å²) in [4.78, 5) is 4.76. The predicted octanol–water partition coefficient (Wildman–Crippen LogP) is 3.19. The molecule has 1 saturated heterocycles. The normalized spacial score (nSPS) is 15.1. The number of sulfone groups is 1. The van der Waals surface area contributed by atoms with Crippen molar-refractivity contribution in [3.05, 3.63) is 42.5 Å². The Morgan fingerprint density at radius 3 is 2.38 bits per heavy atom. The van der Waals surface area contributed by atoms with E-state index < -0.39 is 9.84 Å². The molecular weight excluding hydrogens is 386 g/mol. The molecule has 1 fully saturated rings. The van der Waals surface area contributed by atoms with Crippen LogP contribution in [-0.4, -0.2) is 58.9 Å². The fourth-order valence-corrected chi connectivity index (χ4v) is 5.01. The molecule has 0 unspecified atom stereocenters. The van der Waals surface area contributed by atoms with Crippen molar-refractivity contribution in [1.29, 1.82) is 5.26 Å². The molecular formula is C22H27N3O3S. The lowest BCUT2D eigenvalue weighted by atomic mass is 10.0. The van der Waals surface area contributed by atoms with Crippen LogP contribution in [0.3, 0.4) is 0 Å². The standard InChI is InChI=1S/C22H27N3O3S/c1-3-24-11-13-25(14-12-24)19-16-20(18-8-5-4-6-9-18)22(28-2)21(17-19)29(26,27)15-7-10-23/h4-6,8-9,16-17H,3,7,11-15H2,1-2H3. The van der Waals surface area contributed by atoms with Gasteiger partial charge in [-0.1, -0.05) is 37.3 Å². The Morgan fingerprint density at radius 2 is 1.79 bits per heavy atom. The molecule has 0 atom stereocenters. The van der Waals surface area contributed by atoms with Gasteiger partial charge in [-0.05, 0) is 24.2 Å². The van der Waals surface area contributed by atoms with E-state index in [1.807, 2.05) is 42.5 Å². The largest absolute Gasteiger partial charge is 0.495 e. The van der Waals surface area contributed by atoms with Crippen molar-refractivity contribution in [2.24, 2.45) is 0 Å². The van der Waals surface area contributed by atoms with Gasteiger partial charge >= 0.3 is 0 Å². The van der Waals surface area contributed by atoms with E-state index in [9.17, 15) is 8.42 Å².